The molecular weight excluding hydrogens is 306 g/mol. The van der Waals surface area contributed by atoms with E-state index in [9.17, 15) is 4.79 Å². The molecule has 0 N–H and O–H groups in total. The van der Waals surface area contributed by atoms with Gasteiger partial charge in [0.2, 0.25) is 5.91 Å². The van der Waals surface area contributed by atoms with Gasteiger partial charge in [0.25, 0.3) is 0 Å². The molecule has 0 radical (unpaired) electrons. The van der Waals surface area contributed by atoms with Gasteiger partial charge in [-0.3, -0.25) is 9.48 Å². The Bertz CT molecular complexity index is 651. The smallest absolute Gasteiger partial charge is 0.224 e. The lowest BCUT2D eigenvalue weighted by Crippen LogP contribution is -2.49. The maximum atomic E-state index is 12.3. The van der Waals surface area contributed by atoms with Gasteiger partial charge in [-0.2, -0.15) is 5.10 Å². The van der Waals surface area contributed by atoms with Crippen molar-refractivity contribution < 1.29 is 9.53 Å². The third-order valence-corrected chi connectivity index (χ3v) is 4.16. The van der Waals surface area contributed by atoms with E-state index < -0.39 is 0 Å². The monoisotopic (exact) mass is 329 g/mol. The molecule has 2 heterocycles. The predicted molar refractivity (Wildman–Crippen MR) is 91.0 cm³/mol. The van der Waals surface area contributed by atoms with Crippen LogP contribution >= 0.6 is 0 Å². The second kappa shape index (κ2) is 7.81. The lowest BCUT2D eigenvalue weighted by Gasteiger charge is -2.36. The Kier molecular flexibility index (Phi) is 5.30. The van der Waals surface area contributed by atoms with Crippen LogP contribution in [0.5, 0.6) is 5.75 Å². The van der Waals surface area contributed by atoms with Gasteiger partial charge in [-0.15, -0.1) is 0 Å². The van der Waals surface area contributed by atoms with Crippen LogP contribution in [-0.4, -0.2) is 58.4 Å². The number of rotatable bonds is 6. The number of hydrogen-bond donors (Lipinski definition) is 0. The molecule has 0 aliphatic carbocycles. The van der Waals surface area contributed by atoms with Gasteiger partial charge in [0.1, 0.15) is 18.4 Å². The van der Waals surface area contributed by atoms with Crippen molar-refractivity contribution in [3.63, 3.8) is 0 Å². The van der Waals surface area contributed by atoms with Crippen LogP contribution < -0.4 is 9.64 Å². The molecular formula is C17H23N5O2. The molecule has 1 aliphatic rings. The number of anilines is 1. The van der Waals surface area contributed by atoms with Crippen molar-refractivity contribution in [2.45, 2.75) is 19.9 Å². The van der Waals surface area contributed by atoms with Crippen LogP contribution in [0.3, 0.4) is 0 Å². The number of para-hydroxylation sites is 2. The second-order valence-electron chi connectivity index (χ2n) is 5.68. The SMILES string of the molecule is CCOc1ccccc1N1CCN(C(=O)CCn2cncn2)CC1. The Balaban J connectivity index is 1.53. The summed E-state index contributed by atoms with van der Waals surface area (Å²) < 4.78 is 7.39. The first kappa shape index (κ1) is 16.3. The van der Waals surface area contributed by atoms with Gasteiger partial charge in [-0.05, 0) is 19.1 Å². The molecule has 1 amide bonds. The largest absolute Gasteiger partial charge is 0.492 e. The van der Waals surface area contributed by atoms with E-state index in [1.165, 1.54) is 6.33 Å². The summed E-state index contributed by atoms with van der Waals surface area (Å²) in [5.41, 5.74) is 1.11. The van der Waals surface area contributed by atoms with Crippen molar-refractivity contribution in [2.75, 3.05) is 37.7 Å². The van der Waals surface area contributed by atoms with Crippen molar-refractivity contribution >= 4 is 11.6 Å². The molecule has 1 aromatic heterocycles. The molecule has 7 nitrogen and oxygen atoms in total. The number of benzene rings is 1. The number of piperazine rings is 1. The molecule has 7 heteroatoms. The predicted octanol–water partition coefficient (Wildman–Crippen LogP) is 1.42. The number of aromatic nitrogens is 3. The first-order valence-electron chi connectivity index (χ1n) is 8.35. The van der Waals surface area contributed by atoms with E-state index in [0.29, 0.717) is 19.6 Å². The summed E-state index contributed by atoms with van der Waals surface area (Å²) in [4.78, 5) is 20.4. The summed E-state index contributed by atoms with van der Waals surface area (Å²) in [6.07, 6.45) is 3.58. The summed E-state index contributed by atoms with van der Waals surface area (Å²) in [6, 6.07) is 8.08. The molecule has 0 unspecified atom stereocenters. The highest BCUT2D eigenvalue weighted by molar-refractivity contribution is 5.76. The number of aryl methyl sites for hydroxylation is 1. The van der Waals surface area contributed by atoms with Gasteiger partial charge in [-0.25, -0.2) is 4.98 Å². The minimum absolute atomic E-state index is 0.170. The lowest BCUT2D eigenvalue weighted by molar-refractivity contribution is -0.131. The fraction of sp³-hybridized carbons (Fsp3) is 0.471. The van der Waals surface area contributed by atoms with Crippen molar-refractivity contribution in [3.05, 3.63) is 36.9 Å². The summed E-state index contributed by atoms with van der Waals surface area (Å²) in [5, 5.41) is 4.02. The highest BCUT2D eigenvalue weighted by atomic mass is 16.5. The van der Waals surface area contributed by atoms with E-state index in [0.717, 1.165) is 37.6 Å². The summed E-state index contributed by atoms with van der Waals surface area (Å²) in [5.74, 6) is 1.08. The summed E-state index contributed by atoms with van der Waals surface area (Å²) in [6.45, 7) is 6.32. The minimum atomic E-state index is 0.170. The first-order chi connectivity index (χ1) is 11.8. The first-order valence-corrected chi connectivity index (χ1v) is 8.35. The molecule has 1 aromatic carbocycles. The molecule has 2 aromatic rings. The van der Waals surface area contributed by atoms with Gasteiger partial charge in [-0.1, -0.05) is 12.1 Å². The Hall–Kier alpha value is -2.57. The summed E-state index contributed by atoms with van der Waals surface area (Å²) >= 11 is 0. The highest BCUT2D eigenvalue weighted by Gasteiger charge is 2.22. The standard InChI is InChI=1S/C17H23N5O2/c1-2-24-16-6-4-3-5-15(16)20-9-11-21(12-10-20)17(23)7-8-22-14-18-13-19-22/h3-6,13-14H,2,7-12H2,1H3. The van der Waals surface area contributed by atoms with E-state index in [4.69, 9.17) is 4.74 Å². The lowest BCUT2D eigenvalue weighted by atomic mass is 10.2. The zero-order valence-corrected chi connectivity index (χ0v) is 14.0. The maximum Gasteiger partial charge on any atom is 0.224 e. The van der Waals surface area contributed by atoms with E-state index in [2.05, 4.69) is 21.0 Å². The van der Waals surface area contributed by atoms with Gasteiger partial charge in [0, 0.05) is 32.6 Å². The second-order valence-corrected chi connectivity index (χ2v) is 5.68. The zero-order chi connectivity index (χ0) is 16.8. The average Bonchev–Trinajstić information content (AvgIpc) is 3.14. The molecule has 0 saturated carbocycles. The van der Waals surface area contributed by atoms with E-state index >= 15 is 0 Å². The normalized spacial score (nSPS) is 14.7. The highest BCUT2D eigenvalue weighted by Crippen LogP contribution is 2.28. The molecule has 1 fully saturated rings. The Morgan fingerprint density at radius 2 is 2.00 bits per heavy atom. The molecule has 1 aliphatic heterocycles. The van der Waals surface area contributed by atoms with Crippen molar-refractivity contribution in [2.24, 2.45) is 0 Å². The third kappa shape index (κ3) is 3.84. The third-order valence-electron chi connectivity index (χ3n) is 4.16. The number of carbonyl (C=O) groups excluding carboxylic acids is 1. The Morgan fingerprint density at radius 3 is 2.71 bits per heavy atom. The van der Waals surface area contributed by atoms with Crippen LogP contribution in [0, 0.1) is 0 Å². The maximum absolute atomic E-state index is 12.3. The number of carbonyl (C=O) groups is 1. The molecule has 128 valence electrons. The molecule has 24 heavy (non-hydrogen) atoms. The van der Waals surface area contributed by atoms with E-state index in [1.807, 2.05) is 30.0 Å². The molecule has 0 spiro atoms. The average molecular weight is 329 g/mol. The number of ether oxygens (including phenoxy) is 1. The molecule has 3 rings (SSSR count). The van der Waals surface area contributed by atoms with Crippen LogP contribution in [0.25, 0.3) is 0 Å². The molecule has 0 atom stereocenters. The fourth-order valence-electron chi connectivity index (χ4n) is 2.91. The van der Waals surface area contributed by atoms with Gasteiger partial charge >= 0.3 is 0 Å². The van der Waals surface area contributed by atoms with E-state index in [-0.39, 0.29) is 5.91 Å². The minimum Gasteiger partial charge on any atom is -0.492 e. The number of amides is 1. The van der Waals surface area contributed by atoms with Crippen LogP contribution in [0.2, 0.25) is 0 Å². The zero-order valence-electron chi connectivity index (χ0n) is 14.0. The van der Waals surface area contributed by atoms with Crippen LogP contribution in [-0.2, 0) is 11.3 Å². The fourth-order valence-corrected chi connectivity index (χ4v) is 2.91. The van der Waals surface area contributed by atoms with Gasteiger partial charge in [0.15, 0.2) is 0 Å². The summed E-state index contributed by atoms with van der Waals surface area (Å²) in [7, 11) is 0. The van der Waals surface area contributed by atoms with Crippen molar-refractivity contribution in [3.8, 4) is 5.75 Å². The van der Waals surface area contributed by atoms with Crippen molar-refractivity contribution in [1.29, 1.82) is 0 Å². The quantitative estimate of drug-likeness (QED) is 0.802. The Labute approximate surface area is 141 Å². The Morgan fingerprint density at radius 1 is 1.21 bits per heavy atom. The van der Waals surface area contributed by atoms with Gasteiger partial charge < -0.3 is 14.5 Å². The van der Waals surface area contributed by atoms with Crippen molar-refractivity contribution in [1.82, 2.24) is 19.7 Å². The molecule has 0 bridgehead atoms. The van der Waals surface area contributed by atoms with E-state index in [1.54, 1.807) is 11.0 Å². The van der Waals surface area contributed by atoms with Crippen LogP contribution in [0.15, 0.2) is 36.9 Å². The number of hydrogen-bond acceptors (Lipinski definition) is 5. The number of nitrogens with zero attached hydrogens (tertiary/aromatic N) is 5. The van der Waals surface area contributed by atoms with Crippen LogP contribution in [0.1, 0.15) is 13.3 Å². The topological polar surface area (TPSA) is 63.5 Å². The van der Waals surface area contributed by atoms with Crippen LogP contribution in [0.4, 0.5) is 5.69 Å². The van der Waals surface area contributed by atoms with Gasteiger partial charge in [0.05, 0.1) is 18.8 Å². The molecule has 1 saturated heterocycles.